The average Bonchev–Trinajstić information content (AvgIpc) is 2.37. The van der Waals surface area contributed by atoms with Gasteiger partial charge < -0.3 is 5.73 Å². The van der Waals surface area contributed by atoms with Crippen LogP contribution in [0.4, 0.5) is 15.8 Å². The minimum atomic E-state index is -3.84. The Morgan fingerprint density at radius 2 is 1.90 bits per heavy atom. The predicted octanol–water partition coefficient (Wildman–Crippen LogP) is 3.17. The van der Waals surface area contributed by atoms with Gasteiger partial charge in [-0.1, -0.05) is 17.7 Å². The predicted molar refractivity (Wildman–Crippen MR) is 77.8 cm³/mol. The van der Waals surface area contributed by atoms with Crippen molar-refractivity contribution in [2.24, 2.45) is 0 Å². The van der Waals surface area contributed by atoms with Gasteiger partial charge in [-0.05, 0) is 42.8 Å². The third-order valence-electron chi connectivity index (χ3n) is 2.70. The molecule has 0 atom stereocenters. The van der Waals surface area contributed by atoms with Crippen LogP contribution in [0.3, 0.4) is 0 Å². The molecule has 0 aliphatic heterocycles. The fourth-order valence-corrected chi connectivity index (χ4v) is 2.82. The largest absolute Gasteiger partial charge is 0.396 e. The van der Waals surface area contributed by atoms with Crippen LogP contribution in [-0.2, 0) is 10.0 Å². The van der Waals surface area contributed by atoms with Crippen molar-refractivity contribution in [1.29, 1.82) is 0 Å². The Hall–Kier alpha value is -1.79. The molecule has 0 saturated heterocycles. The molecule has 0 unspecified atom stereocenters. The molecule has 2 rings (SSSR count). The standard InChI is InChI=1S/C13H12ClFN2O2S/c1-8-2-3-9(6-11(8)14)17-20(18,19)10-4-5-12(15)13(16)7-10/h2-7,17H,16H2,1H3. The van der Waals surface area contributed by atoms with Gasteiger partial charge in [-0.15, -0.1) is 0 Å². The van der Waals surface area contributed by atoms with Gasteiger partial charge in [-0.25, -0.2) is 12.8 Å². The van der Waals surface area contributed by atoms with E-state index in [1.54, 1.807) is 19.1 Å². The molecule has 2 aromatic rings. The average molecular weight is 315 g/mol. The van der Waals surface area contributed by atoms with Crippen molar-refractivity contribution in [2.45, 2.75) is 11.8 Å². The highest BCUT2D eigenvalue weighted by molar-refractivity contribution is 7.92. The molecule has 0 aromatic heterocycles. The number of nitrogens with one attached hydrogen (secondary N) is 1. The lowest BCUT2D eigenvalue weighted by Gasteiger charge is -2.10. The molecule has 0 fully saturated rings. The van der Waals surface area contributed by atoms with E-state index in [4.69, 9.17) is 17.3 Å². The van der Waals surface area contributed by atoms with E-state index in [2.05, 4.69) is 4.72 Å². The number of nitrogen functional groups attached to an aromatic ring is 1. The second-order valence-electron chi connectivity index (χ2n) is 4.25. The van der Waals surface area contributed by atoms with Crippen molar-refractivity contribution in [3.63, 3.8) is 0 Å². The van der Waals surface area contributed by atoms with Crippen LogP contribution < -0.4 is 10.5 Å². The molecule has 4 nitrogen and oxygen atoms in total. The fourth-order valence-electron chi connectivity index (χ4n) is 1.56. The van der Waals surface area contributed by atoms with E-state index < -0.39 is 15.8 Å². The minimum absolute atomic E-state index is 0.118. The first kappa shape index (κ1) is 14.6. The van der Waals surface area contributed by atoms with Crippen molar-refractivity contribution in [3.8, 4) is 0 Å². The van der Waals surface area contributed by atoms with E-state index in [1.807, 2.05) is 0 Å². The van der Waals surface area contributed by atoms with Crippen molar-refractivity contribution in [3.05, 3.63) is 52.8 Å². The van der Waals surface area contributed by atoms with Gasteiger partial charge in [0.15, 0.2) is 0 Å². The normalized spacial score (nSPS) is 11.3. The first-order valence-electron chi connectivity index (χ1n) is 5.63. The van der Waals surface area contributed by atoms with Crippen LogP contribution in [0.2, 0.25) is 5.02 Å². The van der Waals surface area contributed by atoms with Gasteiger partial charge in [0.25, 0.3) is 10.0 Å². The number of nitrogens with two attached hydrogens (primary N) is 1. The first-order valence-corrected chi connectivity index (χ1v) is 7.50. The molecular weight excluding hydrogens is 303 g/mol. The molecule has 3 N–H and O–H groups in total. The smallest absolute Gasteiger partial charge is 0.261 e. The van der Waals surface area contributed by atoms with E-state index >= 15 is 0 Å². The molecule has 0 amide bonds. The van der Waals surface area contributed by atoms with Crippen molar-refractivity contribution in [1.82, 2.24) is 0 Å². The Morgan fingerprint density at radius 1 is 1.20 bits per heavy atom. The summed E-state index contributed by atoms with van der Waals surface area (Å²) < 4.78 is 39.7. The summed E-state index contributed by atoms with van der Waals surface area (Å²) in [5.74, 6) is -0.665. The summed E-state index contributed by atoms with van der Waals surface area (Å²) >= 11 is 5.93. The molecule has 0 saturated carbocycles. The van der Waals surface area contributed by atoms with Crippen molar-refractivity contribution in [2.75, 3.05) is 10.5 Å². The van der Waals surface area contributed by atoms with Gasteiger partial charge in [0.05, 0.1) is 16.3 Å². The number of halogens is 2. The summed E-state index contributed by atoms with van der Waals surface area (Å²) in [6.45, 7) is 1.81. The van der Waals surface area contributed by atoms with E-state index in [-0.39, 0.29) is 10.6 Å². The van der Waals surface area contributed by atoms with Gasteiger partial charge in [-0.3, -0.25) is 4.72 Å². The third-order valence-corrected chi connectivity index (χ3v) is 4.49. The maximum Gasteiger partial charge on any atom is 0.261 e. The van der Waals surface area contributed by atoms with Crippen LogP contribution in [-0.4, -0.2) is 8.42 Å². The Kier molecular flexibility index (Phi) is 3.87. The molecule has 0 aliphatic carbocycles. The van der Waals surface area contributed by atoms with Gasteiger partial charge in [0.2, 0.25) is 0 Å². The molecule has 0 spiro atoms. The monoisotopic (exact) mass is 314 g/mol. The molecule has 7 heteroatoms. The Labute approximate surface area is 121 Å². The van der Waals surface area contributed by atoms with E-state index in [1.165, 1.54) is 6.07 Å². The highest BCUT2D eigenvalue weighted by Crippen LogP contribution is 2.23. The molecule has 0 aliphatic rings. The molecule has 20 heavy (non-hydrogen) atoms. The van der Waals surface area contributed by atoms with Crippen molar-refractivity contribution >= 4 is 33.0 Å². The van der Waals surface area contributed by atoms with Crippen LogP contribution in [0, 0.1) is 12.7 Å². The molecule has 0 radical (unpaired) electrons. The second-order valence-corrected chi connectivity index (χ2v) is 6.34. The zero-order chi connectivity index (χ0) is 14.9. The second kappa shape index (κ2) is 5.30. The van der Waals surface area contributed by atoms with Gasteiger partial charge >= 0.3 is 0 Å². The maximum absolute atomic E-state index is 13.1. The zero-order valence-corrected chi connectivity index (χ0v) is 12.1. The van der Waals surface area contributed by atoms with Crippen LogP contribution in [0.15, 0.2) is 41.3 Å². The SMILES string of the molecule is Cc1ccc(NS(=O)(=O)c2ccc(F)c(N)c2)cc1Cl. The lowest BCUT2D eigenvalue weighted by molar-refractivity contribution is 0.600. The molecule has 106 valence electrons. The topological polar surface area (TPSA) is 72.2 Å². The number of aryl methyl sites for hydroxylation is 1. The van der Waals surface area contributed by atoms with Gasteiger partial charge in [-0.2, -0.15) is 0 Å². The van der Waals surface area contributed by atoms with E-state index in [9.17, 15) is 12.8 Å². The zero-order valence-electron chi connectivity index (χ0n) is 10.5. The fraction of sp³-hybridized carbons (Fsp3) is 0.0769. The van der Waals surface area contributed by atoms with E-state index in [0.717, 1.165) is 23.8 Å². The number of rotatable bonds is 3. The molecule has 0 heterocycles. The van der Waals surface area contributed by atoms with Gasteiger partial charge in [0.1, 0.15) is 5.82 Å². The molecular formula is C13H12ClFN2O2S. The van der Waals surface area contributed by atoms with Crippen LogP contribution in [0.1, 0.15) is 5.56 Å². The van der Waals surface area contributed by atoms with E-state index in [0.29, 0.717) is 10.7 Å². The number of sulfonamides is 1. The van der Waals surface area contributed by atoms with Crippen molar-refractivity contribution < 1.29 is 12.8 Å². The number of anilines is 2. The molecule has 2 aromatic carbocycles. The molecule has 0 bridgehead atoms. The number of hydrogen-bond acceptors (Lipinski definition) is 3. The Balaban J connectivity index is 2.35. The maximum atomic E-state index is 13.1. The summed E-state index contributed by atoms with van der Waals surface area (Å²) in [5, 5.41) is 0.448. The Bertz CT molecular complexity index is 763. The number of benzene rings is 2. The summed E-state index contributed by atoms with van der Waals surface area (Å²) in [4.78, 5) is -0.118. The summed E-state index contributed by atoms with van der Waals surface area (Å²) in [6.07, 6.45) is 0. The lowest BCUT2D eigenvalue weighted by Crippen LogP contribution is -2.13. The summed E-state index contributed by atoms with van der Waals surface area (Å²) in [7, 11) is -3.84. The highest BCUT2D eigenvalue weighted by Gasteiger charge is 2.16. The first-order chi connectivity index (χ1) is 9.29. The van der Waals surface area contributed by atoms with Crippen LogP contribution in [0.5, 0.6) is 0 Å². The minimum Gasteiger partial charge on any atom is -0.396 e. The summed E-state index contributed by atoms with van der Waals surface area (Å²) in [5.41, 5.74) is 6.30. The number of hydrogen-bond donors (Lipinski definition) is 2. The van der Waals surface area contributed by atoms with Crippen LogP contribution >= 0.6 is 11.6 Å². The highest BCUT2D eigenvalue weighted by atomic mass is 35.5. The third kappa shape index (κ3) is 3.02. The van der Waals surface area contributed by atoms with Crippen LogP contribution in [0.25, 0.3) is 0 Å². The quantitative estimate of drug-likeness (QED) is 0.855. The summed E-state index contributed by atoms with van der Waals surface area (Å²) in [6, 6.07) is 8.00. The Morgan fingerprint density at radius 3 is 2.50 bits per heavy atom. The lowest BCUT2D eigenvalue weighted by atomic mass is 10.2. The van der Waals surface area contributed by atoms with Gasteiger partial charge in [0, 0.05) is 5.02 Å².